The molecule has 1 aromatic rings. The number of carbonyl (C=O) groups excluding carboxylic acids is 1. The van der Waals surface area contributed by atoms with Crippen molar-refractivity contribution in [3.8, 4) is 0 Å². The van der Waals surface area contributed by atoms with Crippen LogP contribution in [-0.2, 0) is 0 Å². The van der Waals surface area contributed by atoms with Gasteiger partial charge in [0.15, 0.2) is 0 Å². The summed E-state index contributed by atoms with van der Waals surface area (Å²) < 4.78 is 0. The van der Waals surface area contributed by atoms with E-state index in [2.05, 4.69) is 10.3 Å². The highest BCUT2D eigenvalue weighted by atomic mass is 16.2. The van der Waals surface area contributed by atoms with Crippen LogP contribution >= 0.6 is 0 Å². The van der Waals surface area contributed by atoms with E-state index in [4.69, 9.17) is 0 Å². The fraction of sp³-hybridized carbons (Fsp3) is 0.538. The third kappa shape index (κ3) is 1.82. The van der Waals surface area contributed by atoms with Crippen LogP contribution in [0, 0.1) is 6.92 Å². The van der Waals surface area contributed by atoms with E-state index in [0.29, 0.717) is 17.8 Å². The molecule has 4 heteroatoms. The lowest BCUT2D eigenvalue weighted by atomic mass is 10.2. The Bertz CT molecular complexity index is 430. The molecule has 17 heavy (non-hydrogen) atoms. The fourth-order valence-electron chi connectivity index (χ4n) is 2.90. The van der Waals surface area contributed by atoms with Crippen LogP contribution in [0.25, 0.3) is 0 Å². The molecule has 0 saturated carbocycles. The summed E-state index contributed by atoms with van der Waals surface area (Å²) in [4.78, 5) is 18.8. The van der Waals surface area contributed by atoms with E-state index in [1.807, 2.05) is 30.0 Å². The number of fused-ring (bicyclic) bond motifs is 2. The van der Waals surface area contributed by atoms with Crippen molar-refractivity contribution in [2.45, 2.75) is 31.8 Å². The fourth-order valence-corrected chi connectivity index (χ4v) is 2.90. The van der Waals surface area contributed by atoms with Crippen molar-refractivity contribution in [1.82, 2.24) is 15.2 Å². The number of piperazine rings is 1. The van der Waals surface area contributed by atoms with E-state index in [-0.39, 0.29) is 5.91 Å². The van der Waals surface area contributed by atoms with E-state index in [9.17, 15) is 4.79 Å². The second kappa shape index (κ2) is 4.11. The monoisotopic (exact) mass is 231 g/mol. The van der Waals surface area contributed by atoms with Gasteiger partial charge in [-0.15, -0.1) is 0 Å². The SMILES string of the molecule is Cc1cccc(C(=O)N2C3CCC2CNC3)n1. The maximum absolute atomic E-state index is 12.4. The van der Waals surface area contributed by atoms with Crippen molar-refractivity contribution in [3.63, 3.8) is 0 Å². The molecule has 3 heterocycles. The van der Waals surface area contributed by atoms with Gasteiger partial charge in [-0.25, -0.2) is 4.98 Å². The van der Waals surface area contributed by atoms with Gasteiger partial charge in [-0.3, -0.25) is 4.79 Å². The topological polar surface area (TPSA) is 45.2 Å². The number of rotatable bonds is 1. The average Bonchev–Trinajstić information content (AvgIpc) is 2.58. The van der Waals surface area contributed by atoms with Crippen LogP contribution in [0.1, 0.15) is 29.0 Å². The second-order valence-corrected chi connectivity index (χ2v) is 4.92. The standard InChI is InChI=1S/C13H17N3O/c1-9-3-2-4-12(15-9)13(17)16-10-5-6-11(16)8-14-7-10/h2-4,10-11,14H,5-8H2,1H3. The number of pyridine rings is 1. The van der Waals surface area contributed by atoms with E-state index >= 15 is 0 Å². The summed E-state index contributed by atoms with van der Waals surface area (Å²) in [7, 11) is 0. The minimum atomic E-state index is 0.0997. The van der Waals surface area contributed by atoms with Crippen molar-refractivity contribution in [2.75, 3.05) is 13.1 Å². The molecule has 2 unspecified atom stereocenters. The summed E-state index contributed by atoms with van der Waals surface area (Å²) in [6.45, 7) is 3.77. The van der Waals surface area contributed by atoms with Crippen LogP contribution in [0.2, 0.25) is 0 Å². The van der Waals surface area contributed by atoms with Gasteiger partial charge < -0.3 is 10.2 Å². The number of aryl methyl sites for hydroxylation is 1. The summed E-state index contributed by atoms with van der Waals surface area (Å²) in [5.41, 5.74) is 1.49. The molecule has 2 atom stereocenters. The zero-order chi connectivity index (χ0) is 11.8. The summed E-state index contributed by atoms with van der Waals surface area (Å²) >= 11 is 0. The number of nitrogens with zero attached hydrogens (tertiary/aromatic N) is 2. The van der Waals surface area contributed by atoms with Gasteiger partial charge in [0.25, 0.3) is 5.91 Å². The number of hydrogen-bond acceptors (Lipinski definition) is 3. The molecule has 2 saturated heterocycles. The first-order valence-electron chi connectivity index (χ1n) is 6.23. The molecule has 3 rings (SSSR count). The Labute approximate surface area is 101 Å². The molecule has 4 nitrogen and oxygen atoms in total. The van der Waals surface area contributed by atoms with Crippen molar-refractivity contribution >= 4 is 5.91 Å². The molecule has 2 aliphatic rings. The predicted molar refractivity (Wildman–Crippen MR) is 64.8 cm³/mol. The minimum absolute atomic E-state index is 0.0997. The molecule has 1 N–H and O–H groups in total. The molecule has 0 radical (unpaired) electrons. The Hall–Kier alpha value is -1.42. The molecule has 2 aliphatic heterocycles. The summed E-state index contributed by atoms with van der Waals surface area (Å²) in [6, 6.07) is 6.37. The molecule has 1 amide bonds. The Morgan fingerprint density at radius 3 is 2.71 bits per heavy atom. The lowest BCUT2D eigenvalue weighted by Crippen LogP contribution is -2.54. The zero-order valence-electron chi connectivity index (χ0n) is 10.0. The molecular weight excluding hydrogens is 214 g/mol. The van der Waals surface area contributed by atoms with Crippen LogP contribution in [0.15, 0.2) is 18.2 Å². The van der Waals surface area contributed by atoms with Gasteiger partial charge in [0.2, 0.25) is 0 Å². The number of nitrogens with one attached hydrogen (secondary N) is 1. The maximum Gasteiger partial charge on any atom is 0.273 e. The molecule has 0 aliphatic carbocycles. The third-order valence-electron chi connectivity index (χ3n) is 3.72. The van der Waals surface area contributed by atoms with Crippen LogP contribution in [0.5, 0.6) is 0 Å². The largest absolute Gasteiger partial charge is 0.329 e. The Morgan fingerprint density at radius 2 is 2.06 bits per heavy atom. The highest BCUT2D eigenvalue weighted by Crippen LogP contribution is 2.27. The quantitative estimate of drug-likeness (QED) is 0.783. The first-order chi connectivity index (χ1) is 8.25. The van der Waals surface area contributed by atoms with E-state index < -0.39 is 0 Å². The first kappa shape index (κ1) is 10.7. The van der Waals surface area contributed by atoms with Crippen molar-refractivity contribution in [1.29, 1.82) is 0 Å². The maximum atomic E-state index is 12.4. The average molecular weight is 231 g/mol. The van der Waals surface area contributed by atoms with Crippen LogP contribution in [0.4, 0.5) is 0 Å². The van der Waals surface area contributed by atoms with E-state index in [1.165, 1.54) is 0 Å². The molecule has 1 aromatic heterocycles. The molecular formula is C13H17N3O. The van der Waals surface area contributed by atoms with E-state index in [0.717, 1.165) is 31.6 Å². The highest BCUT2D eigenvalue weighted by molar-refractivity contribution is 5.93. The predicted octanol–water partition coefficient (Wildman–Crippen LogP) is 0.966. The third-order valence-corrected chi connectivity index (χ3v) is 3.72. The minimum Gasteiger partial charge on any atom is -0.329 e. The van der Waals surface area contributed by atoms with Crippen molar-refractivity contribution < 1.29 is 4.79 Å². The van der Waals surface area contributed by atoms with Gasteiger partial charge >= 0.3 is 0 Å². The second-order valence-electron chi connectivity index (χ2n) is 4.92. The van der Waals surface area contributed by atoms with Crippen molar-refractivity contribution in [2.24, 2.45) is 0 Å². The summed E-state index contributed by atoms with van der Waals surface area (Å²) in [5.74, 6) is 0.0997. The zero-order valence-corrected chi connectivity index (χ0v) is 10.0. The molecule has 2 bridgehead atoms. The highest BCUT2D eigenvalue weighted by Gasteiger charge is 2.40. The van der Waals surface area contributed by atoms with Crippen LogP contribution in [0.3, 0.4) is 0 Å². The van der Waals surface area contributed by atoms with Gasteiger partial charge in [0.1, 0.15) is 5.69 Å². The van der Waals surface area contributed by atoms with Crippen LogP contribution < -0.4 is 5.32 Å². The lowest BCUT2D eigenvalue weighted by molar-refractivity contribution is 0.0613. The van der Waals surface area contributed by atoms with Gasteiger partial charge in [-0.05, 0) is 31.9 Å². The Morgan fingerprint density at radius 1 is 1.35 bits per heavy atom. The molecule has 0 spiro atoms. The molecule has 0 aromatic carbocycles. The van der Waals surface area contributed by atoms with Gasteiger partial charge in [0.05, 0.1) is 0 Å². The van der Waals surface area contributed by atoms with Gasteiger partial charge in [0, 0.05) is 30.9 Å². The Kier molecular flexibility index (Phi) is 2.59. The normalized spacial score (nSPS) is 27.2. The number of amides is 1. The van der Waals surface area contributed by atoms with Gasteiger partial charge in [-0.2, -0.15) is 0 Å². The number of aromatic nitrogens is 1. The van der Waals surface area contributed by atoms with Crippen LogP contribution in [-0.4, -0.2) is 41.0 Å². The first-order valence-corrected chi connectivity index (χ1v) is 6.23. The molecule has 90 valence electrons. The summed E-state index contributed by atoms with van der Waals surface area (Å²) in [5, 5.41) is 3.38. The summed E-state index contributed by atoms with van der Waals surface area (Å²) in [6.07, 6.45) is 2.24. The Balaban J connectivity index is 1.87. The van der Waals surface area contributed by atoms with Gasteiger partial charge in [-0.1, -0.05) is 6.07 Å². The smallest absolute Gasteiger partial charge is 0.273 e. The molecule has 2 fully saturated rings. The van der Waals surface area contributed by atoms with E-state index in [1.54, 1.807) is 0 Å². The number of carbonyl (C=O) groups is 1. The number of hydrogen-bond donors (Lipinski definition) is 1. The van der Waals surface area contributed by atoms with Crippen molar-refractivity contribution in [3.05, 3.63) is 29.6 Å². The lowest BCUT2D eigenvalue weighted by Gasteiger charge is -2.35.